The Labute approximate surface area is 115 Å². The van der Waals surface area contributed by atoms with E-state index in [9.17, 15) is 4.39 Å². The fourth-order valence-corrected chi connectivity index (χ4v) is 2.20. The van der Waals surface area contributed by atoms with Gasteiger partial charge in [0, 0.05) is 31.2 Å². The largest absolute Gasteiger partial charge is 0.492 e. The van der Waals surface area contributed by atoms with Crippen molar-refractivity contribution in [2.75, 3.05) is 13.2 Å². The van der Waals surface area contributed by atoms with E-state index in [-0.39, 0.29) is 5.82 Å². The summed E-state index contributed by atoms with van der Waals surface area (Å²) in [6, 6.07) is 5.56. The van der Waals surface area contributed by atoms with E-state index in [1.807, 2.05) is 0 Å². The molecule has 0 bridgehead atoms. The lowest BCUT2D eigenvalue weighted by atomic mass is 10.2. The van der Waals surface area contributed by atoms with Crippen LogP contribution in [0.4, 0.5) is 4.39 Å². The molecule has 0 fully saturated rings. The average Bonchev–Trinajstić information content (AvgIpc) is 2.32. The molecule has 1 aromatic rings. The predicted molar refractivity (Wildman–Crippen MR) is 76.8 cm³/mol. The SMILES string of the molecule is CC(C)N(CCOc1cc(F)cc(CN)c1)C(C)C. The first-order valence-corrected chi connectivity index (χ1v) is 6.82. The summed E-state index contributed by atoms with van der Waals surface area (Å²) < 4.78 is 18.9. The van der Waals surface area contributed by atoms with Gasteiger partial charge in [0.15, 0.2) is 0 Å². The molecule has 2 N–H and O–H groups in total. The molecule has 0 aliphatic carbocycles. The van der Waals surface area contributed by atoms with Gasteiger partial charge in [-0.05, 0) is 45.4 Å². The number of nitrogens with zero attached hydrogens (tertiary/aromatic N) is 1. The van der Waals surface area contributed by atoms with Gasteiger partial charge in [-0.3, -0.25) is 4.90 Å². The molecule has 108 valence electrons. The van der Waals surface area contributed by atoms with E-state index in [1.165, 1.54) is 12.1 Å². The minimum atomic E-state index is -0.303. The lowest BCUT2D eigenvalue weighted by molar-refractivity contribution is 0.142. The van der Waals surface area contributed by atoms with Crippen molar-refractivity contribution in [1.82, 2.24) is 4.90 Å². The second-order valence-corrected chi connectivity index (χ2v) is 5.27. The average molecular weight is 268 g/mol. The Morgan fingerprint density at radius 3 is 2.32 bits per heavy atom. The molecule has 0 heterocycles. The number of benzene rings is 1. The van der Waals surface area contributed by atoms with Gasteiger partial charge in [-0.2, -0.15) is 0 Å². The number of hydrogen-bond donors (Lipinski definition) is 1. The summed E-state index contributed by atoms with van der Waals surface area (Å²) in [5, 5.41) is 0. The zero-order valence-electron chi connectivity index (χ0n) is 12.3. The maximum absolute atomic E-state index is 13.3. The monoisotopic (exact) mass is 268 g/mol. The second-order valence-electron chi connectivity index (χ2n) is 5.27. The first-order valence-electron chi connectivity index (χ1n) is 6.82. The highest BCUT2D eigenvalue weighted by molar-refractivity contribution is 5.29. The molecular weight excluding hydrogens is 243 g/mol. The van der Waals surface area contributed by atoms with Crippen molar-refractivity contribution in [2.45, 2.75) is 46.3 Å². The summed E-state index contributed by atoms with van der Waals surface area (Å²) in [5.74, 6) is 0.246. The van der Waals surface area contributed by atoms with Crippen LogP contribution in [0.5, 0.6) is 5.75 Å². The third kappa shape index (κ3) is 5.17. The number of hydrogen-bond acceptors (Lipinski definition) is 3. The minimum absolute atomic E-state index is 0.303. The Balaban J connectivity index is 2.55. The molecule has 0 aliphatic heterocycles. The summed E-state index contributed by atoms with van der Waals surface area (Å²) in [6.07, 6.45) is 0. The molecule has 0 amide bonds. The number of ether oxygens (including phenoxy) is 1. The van der Waals surface area contributed by atoms with Crippen molar-refractivity contribution < 1.29 is 9.13 Å². The molecule has 19 heavy (non-hydrogen) atoms. The van der Waals surface area contributed by atoms with E-state index in [0.29, 0.717) is 31.0 Å². The second kappa shape index (κ2) is 7.46. The van der Waals surface area contributed by atoms with Crippen LogP contribution in [0, 0.1) is 5.82 Å². The Hall–Kier alpha value is -1.13. The normalized spacial score (nSPS) is 11.6. The molecular formula is C15H25FN2O. The molecule has 3 nitrogen and oxygen atoms in total. The van der Waals surface area contributed by atoms with E-state index >= 15 is 0 Å². The summed E-state index contributed by atoms with van der Waals surface area (Å²) in [6.45, 7) is 10.3. The highest BCUT2D eigenvalue weighted by Gasteiger charge is 2.13. The predicted octanol–water partition coefficient (Wildman–Crippen LogP) is 2.78. The van der Waals surface area contributed by atoms with Crippen molar-refractivity contribution in [3.8, 4) is 5.75 Å². The van der Waals surface area contributed by atoms with Crippen LogP contribution in [0.25, 0.3) is 0 Å². The smallest absolute Gasteiger partial charge is 0.127 e. The van der Waals surface area contributed by atoms with E-state index in [4.69, 9.17) is 10.5 Å². The lowest BCUT2D eigenvalue weighted by Gasteiger charge is -2.30. The van der Waals surface area contributed by atoms with Gasteiger partial charge < -0.3 is 10.5 Å². The van der Waals surface area contributed by atoms with Crippen molar-refractivity contribution in [2.24, 2.45) is 5.73 Å². The molecule has 0 aromatic heterocycles. The molecule has 1 aromatic carbocycles. The van der Waals surface area contributed by atoms with Gasteiger partial charge in [-0.15, -0.1) is 0 Å². The number of rotatable bonds is 7. The summed E-state index contributed by atoms with van der Waals surface area (Å²) in [5.41, 5.74) is 6.26. The van der Waals surface area contributed by atoms with Crippen LogP contribution >= 0.6 is 0 Å². The van der Waals surface area contributed by atoms with Gasteiger partial charge in [0.25, 0.3) is 0 Å². The fourth-order valence-electron chi connectivity index (χ4n) is 2.20. The van der Waals surface area contributed by atoms with Crippen LogP contribution in [0.2, 0.25) is 0 Å². The molecule has 0 saturated heterocycles. The minimum Gasteiger partial charge on any atom is -0.492 e. The van der Waals surface area contributed by atoms with E-state index < -0.39 is 0 Å². The summed E-state index contributed by atoms with van der Waals surface area (Å²) >= 11 is 0. The Morgan fingerprint density at radius 1 is 1.16 bits per heavy atom. The third-order valence-corrected chi connectivity index (χ3v) is 3.11. The van der Waals surface area contributed by atoms with Crippen LogP contribution in [0.3, 0.4) is 0 Å². The number of nitrogens with two attached hydrogens (primary N) is 1. The standard InChI is InChI=1S/C15H25FN2O/c1-11(2)18(12(3)4)5-6-19-15-8-13(10-17)7-14(16)9-15/h7-9,11-12H,5-6,10,17H2,1-4H3. The van der Waals surface area contributed by atoms with Crippen molar-refractivity contribution in [3.05, 3.63) is 29.6 Å². The molecule has 0 unspecified atom stereocenters. The summed E-state index contributed by atoms with van der Waals surface area (Å²) in [4.78, 5) is 2.34. The Kier molecular flexibility index (Phi) is 6.25. The molecule has 0 spiro atoms. The van der Waals surface area contributed by atoms with Gasteiger partial charge in [0.2, 0.25) is 0 Å². The van der Waals surface area contributed by atoms with Gasteiger partial charge >= 0.3 is 0 Å². The highest BCUT2D eigenvalue weighted by atomic mass is 19.1. The van der Waals surface area contributed by atoms with Crippen LogP contribution in [-0.4, -0.2) is 30.1 Å². The number of halogens is 1. The molecule has 0 radical (unpaired) electrons. The first kappa shape index (κ1) is 15.9. The van der Waals surface area contributed by atoms with Gasteiger partial charge in [0.05, 0.1) is 0 Å². The van der Waals surface area contributed by atoms with Crippen LogP contribution in [-0.2, 0) is 6.54 Å². The highest BCUT2D eigenvalue weighted by Crippen LogP contribution is 2.16. The molecule has 0 atom stereocenters. The third-order valence-electron chi connectivity index (χ3n) is 3.11. The van der Waals surface area contributed by atoms with E-state index in [2.05, 4.69) is 32.6 Å². The molecule has 0 aliphatic rings. The Bertz CT molecular complexity index is 386. The van der Waals surface area contributed by atoms with E-state index in [1.54, 1.807) is 6.07 Å². The van der Waals surface area contributed by atoms with Crippen LogP contribution in [0.1, 0.15) is 33.3 Å². The fraction of sp³-hybridized carbons (Fsp3) is 0.600. The quantitative estimate of drug-likeness (QED) is 0.826. The van der Waals surface area contributed by atoms with Gasteiger partial charge in [-0.1, -0.05) is 0 Å². The van der Waals surface area contributed by atoms with Crippen LogP contribution in [0.15, 0.2) is 18.2 Å². The molecule has 0 saturated carbocycles. The van der Waals surface area contributed by atoms with Gasteiger partial charge in [-0.25, -0.2) is 4.39 Å². The van der Waals surface area contributed by atoms with Gasteiger partial charge in [0.1, 0.15) is 18.2 Å². The van der Waals surface area contributed by atoms with Crippen molar-refractivity contribution in [1.29, 1.82) is 0 Å². The topological polar surface area (TPSA) is 38.5 Å². The Morgan fingerprint density at radius 2 is 1.79 bits per heavy atom. The lowest BCUT2D eigenvalue weighted by Crippen LogP contribution is -2.39. The zero-order valence-corrected chi connectivity index (χ0v) is 12.3. The van der Waals surface area contributed by atoms with Crippen LogP contribution < -0.4 is 10.5 Å². The maximum Gasteiger partial charge on any atom is 0.127 e. The van der Waals surface area contributed by atoms with E-state index in [0.717, 1.165) is 12.1 Å². The molecule has 1 rings (SSSR count). The summed E-state index contributed by atoms with van der Waals surface area (Å²) in [7, 11) is 0. The zero-order chi connectivity index (χ0) is 14.4. The van der Waals surface area contributed by atoms with Crippen molar-refractivity contribution >= 4 is 0 Å². The maximum atomic E-state index is 13.3. The first-order chi connectivity index (χ1) is 8.93. The molecule has 4 heteroatoms. The van der Waals surface area contributed by atoms with Crippen molar-refractivity contribution in [3.63, 3.8) is 0 Å².